The van der Waals surface area contributed by atoms with Crippen LogP contribution in [0.15, 0.2) is 6.33 Å². The number of aliphatic hydroxyl groups is 1. The number of nitrogens with zero attached hydrogens (tertiary/aromatic N) is 2. The van der Waals surface area contributed by atoms with Crippen molar-refractivity contribution >= 4 is 11.6 Å². The molecule has 0 fully saturated rings. The summed E-state index contributed by atoms with van der Waals surface area (Å²) in [6.07, 6.45) is 2.01. The highest BCUT2D eigenvalue weighted by atomic mass is 16.5. The van der Waals surface area contributed by atoms with Gasteiger partial charge in [-0.15, -0.1) is 0 Å². The molecule has 7 nitrogen and oxygen atoms in total. The molecule has 0 aliphatic rings. The maximum absolute atomic E-state index is 9.00. The summed E-state index contributed by atoms with van der Waals surface area (Å²) in [6, 6.07) is -0.0338. The fraction of sp³-hybridized carbons (Fsp3) is 0.636. The second-order valence-corrected chi connectivity index (χ2v) is 3.66. The summed E-state index contributed by atoms with van der Waals surface area (Å²) >= 11 is 0. The van der Waals surface area contributed by atoms with Crippen LogP contribution in [-0.2, 0) is 4.74 Å². The summed E-state index contributed by atoms with van der Waals surface area (Å²) in [4.78, 5) is 8.20. The van der Waals surface area contributed by atoms with E-state index in [1.54, 1.807) is 21.3 Å². The highest BCUT2D eigenvalue weighted by molar-refractivity contribution is 5.63. The molecular formula is C11H20N4O3. The van der Waals surface area contributed by atoms with Gasteiger partial charge in [-0.05, 0) is 6.42 Å². The lowest BCUT2D eigenvalue weighted by Crippen LogP contribution is -2.27. The number of rotatable bonds is 8. The Labute approximate surface area is 107 Å². The first-order valence-corrected chi connectivity index (χ1v) is 5.69. The number of ether oxygens (including phenoxy) is 2. The molecule has 1 aromatic rings. The van der Waals surface area contributed by atoms with Crippen LogP contribution in [0, 0.1) is 0 Å². The van der Waals surface area contributed by atoms with Crippen LogP contribution in [0.3, 0.4) is 0 Å². The molecule has 102 valence electrons. The summed E-state index contributed by atoms with van der Waals surface area (Å²) in [5.41, 5.74) is 0. The maximum Gasteiger partial charge on any atom is 0.204 e. The van der Waals surface area contributed by atoms with E-state index in [-0.39, 0.29) is 12.6 Å². The van der Waals surface area contributed by atoms with Crippen molar-refractivity contribution in [1.82, 2.24) is 9.97 Å². The highest BCUT2D eigenvalue weighted by Gasteiger charge is 2.15. The number of hydrogen-bond donors (Lipinski definition) is 3. The van der Waals surface area contributed by atoms with E-state index in [0.717, 1.165) is 0 Å². The predicted molar refractivity (Wildman–Crippen MR) is 69.1 cm³/mol. The summed E-state index contributed by atoms with van der Waals surface area (Å²) in [5.74, 6) is 1.72. The van der Waals surface area contributed by atoms with Crippen LogP contribution in [0.2, 0.25) is 0 Å². The van der Waals surface area contributed by atoms with E-state index in [9.17, 15) is 0 Å². The topological polar surface area (TPSA) is 88.5 Å². The van der Waals surface area contributed by atoms with E-state index in [0.29, 0.717) is 30.4 Å². The van der Waals surface area contributed by atoms with Crippen LogP contribution in [0.25, 0.3) is 0 Å². The van der Waals surface area contributed by atoms with E-state index in [4.69, 9.17) is 14.6 Å². The van der Waals surface area contributed by atoms with E-state index in [1.165, 1.54) is 6.33 Å². The smallest absolute Gasteiger partial charge is 0.204 e. The summed E-state index contributed by atoms with van der Waals surface area (Å²) in [7, 11) is 4.93. The van der Waals surface area contributed by atoms with Crippen molar-refractivity contribution in [3.05, 3.63) is 6.33 Å². The van der Waals surface area contributed by atoms with Crippen LogP contribution in [-0.4, -0.2) is 55.6 Å². The fourth-order valence-electron chi connectivity index (χ4n) is 1.60. The summed E-state index contributed by atoms with van der Waals surface area (Å²) < 4.78 is 10.4. The summed E-state index contributed by atoms with van der Waals surface area (Å²) in [6.45, 7) is 0.552. The molecule has 1 atom stereocenters. The molecule has 0 aromatic carbocycles. The average molecular weight is 256 g/mol. The molecule has 0 bridgehead atoms. The molecular weight excluding hydrogens is 236 g/mol. The average Bonchev–Trinajstić information content (AvgIpc) is 2.39. The highest BCUT2D eigenvalue weighted by Crippen LogP contribution is 2.29. The van der Waals surface area contributed by atoms with Crippen molar-refractivity contribution in [2.24, 2.45) is 0 Å². The van der Waals surface area contributed by atoms with Crippen molar-refractivity contribution in [3.63, 3.8) is 0 Å². The molecule has 3 N–H and O–H groups in total. The molecule has 0 aliphatic heterocycles. The number of methoxy groups -OCH3 is 2. The van der Waals surface area contributed by atoms with Gasteiger partial charge in [0, 0.05) is 20.8 Å². The first-order valence-electron chi connectivity index (χ1n) is 5.69. The number of hydrogen-bond acceptors (Lipinski definition) is 7. The molecule has 1 heterocycles. The third-order valence-corrected chi connectivity index (χ3v) is 2.43. The second kappa shape index (κ2) is 7.67. The first kappa shape index (κ1) is 14.5. The molecule has 0 spiro atoms. The Morgan fingerprint density at radius 3 is 2.61 bits per heavy atom. The van der Waals surface area contributed by atoms with E-state index < -0.39 is 0 Å². The van der Waals surface area contributed by atoms with Gasteiger partial charge in [-0.25, -0.2) is 9.97 Å². The SMILES string of the molecule is CNc1ncnc(NC(CCO)COC)c1OC. The van der Waals surface area contributed by atoms with Gasteiger partial charge in [0.25, 0.3) is 0 Å². The zero-order valence-electron chi connectivity index (χ0n) is 10.9. The van der Waals surface area contributed by atoms with Gasteiger partial charge >= 0.3 is 0 Å². The summed E-state index contributed by atoms with van der Waals surface area (Å²) in [5, 5.41) is 15.1. The van der Waals surface area contributed by atoms with Gasteiger partial charge in [0.1, 0.15) is 6.33 Å². The minimum absolute atomic E-state index is 0.0338. The van der Waals surface area contributed by atoms with E-state index >= 15 is 0 Å². The molecule has 0 saturated carbocycles. The molecule has 1 unspecified atom stereocenters. The molecule has 0 radical (unpaired) electrons. The van der Waals surface area contributed by atoms with Gasteiger partial charge < -0.3 is 25.2 Å². The van der Waals surface area contributed by atoms with E-state index in [2.05, 4.69) is 20.6 Å². The van der Waals surface area contributed by atoms with Crippen molar-refractivity contribution in [2.75, 3.05) is 45.1 Å². The fourth-order valence-corrected chi connectivity index (χ4v) is 1.60. The normalized spacial score (nSPS) is 12.0. The Morgan fingerprint density at radius 1 is 1.33 bits per heavy atom. The number of aromatic nitrogens is 2. The van der Waals surface area contributed by atoms with Crippen molar-refractivity contribution in [2.45, 2.75) is 12.5 Å². The Kier molecular flexibility index (Phi) is 6.16. The van der Waals surface area contributed by atoms with E-state index in [1.807, 2.05) is 0 Å². The lowest BCUT2D eigenvalue weighted by atomic mass is 10.2. The standard InChI is InChI=1S/C11H20N4O3/c1-12-10-9(18-3)11(14-7-13-10)15-8(4-5-16)6-17-2/h7-8,16H,4-6H2,1-3H3,(H2,12,13,14,15). The Morgan fingerprint density at radius 2 is 2.06 bits per heavy atom. The van der Waals surface area contributed by atoms with Crippen LogP contribution in [0.4, 0.5) is 11.6 Å². The van der Waals surface area contributed by atoms with Crippen LogP contribution in [0.5, 0.6) is 5.75 Å². The minimum Gasteiger partial charge on any atom is -0.490 e. The molecule has 7 heteroatoms. The molecule has 0 amide bonds. The molecule has 18 heavy (non-hydrogen) atoms. The van der Waals surface area contributed by atoms with Gasteiger partial charge in [-0.1, -0.05) is 0 Å². The minimum atomic E-state index is -0.0338. The largest absolute Gasteiger partial charge is 0.490 e. The van der Waals surface area contributed by atoms with Crippen molar-refractivity contribution < 1.29 is 14.6 Å². The van der Waals surface area contributed by atoms with Gasteiger partial charge in [-0.3, -0.25) is 0 Å². The lowest BCUT2D eigenvalue weighted by Gasteiger charge is -2.19. The first-order chi connectivity index (χ1) is 8.76. The molecule has 1 aromatic heterocycles. The molecule has 1 rings (SSSR count). The second-order valence-electron chi connectivity index (χ2n) is 3.66. The van der Waals surface area contributed by atoms with Crippen LogP contribution < -0.4 is 15.4 Å². The van der Waals surface area contributed by atoms with Crippen LogP contribution >= 0.6 is 0 Å². The molecule has 0 aliphatic carbocycles. The Hall–Kier alpha value is -1.60. The van der Waals surface area contributed by atoms with Gasteiger partial charge in [0.15, 0.2) is 11.6 Å². The van der Waals surface area contributed by atoms with Gasteiger partial charge in [0.05, 0.1) is 19.8 Å². The monoisotopic (exact) mass is 256 g/mol. The molecule has 0 saturated heterocycles. The van der Waals surface area contributed by atoms with Gasteiger partial charge in [0.2, 0.25) is 5.75 Å². The maximum atomic E-state index is 9.00. The lowest BCUT2D eigenvalue weighted by molar-refractivity contribution is 0.170. The number of anilines is 2. The Balaban J connectivity index is 2.87. The zero-order valence-corrected chi connectivity index (χ0v) is 10.9. The third-order valence-electron chi connectivity index (χ3n) is 2.43. The van der Waals surface area contributed by atoms with Crippen molar-refractivity contribution in [1.29, 1.82) is 0 Å². The quantitative estimate of drug-likeness (QED) is 0.618. The van der Waals surface area contributed by atoms with Gasteiger partial charge in [-0.2, -0.15) is 0 Å². The zero-order chi connectivity index (χ0) is 13.4. The van der Waals surface area contributed by atoms with Crippen LogP contribution in [0.1, 0.15) is 6.42 Å². The third kappa shape index (κ3) is 3.71. The predicted octanol–water partition coefficient (Wildman–Crippen LogP) is 0.336. The Bertz CT molecular complexity index is 356. The number of aliphatic hydroxyl groups excluding tert-OH is 1. The number of nitrogens with one attached hydrogen (secondary N) is 2. The van der Waals surface area contributed by atoms with Crippen molar-refractivity contribution in [3.8, 4) is 5.75 Å².